The number of halogens is 1. The van der Waals surface area contributed by atoms with Gasteiger partial charge >= 0.3 is 0 Å². The molecule has 32 heavy (non-hydrogen) atoms. The molecule has 1 amide bonds. The first-order valence-electron chi connectivity index (χ1n) is 9.31. The zero-order chi connectivity index (χ0) is 23.4. The van der Waals surface area contributed by atoms with Crippen LogP contribution >= 0.6 is 11.6 Å². The number of hydrogen-bond donors (Lipinski definition) is 1. The van der Waals surface area contributed by atoms with Crippen LogP contribution in [0.2, 0.25) is 5.02 Å². The Morgan fingerprint density at radius 1 is 0.938 bits per heavy atom. The van der Waals surface area contributed by atoms with Crippen LogP contribution in [0.4, 0.5) is 0 Å². The van der Waals surface area contributed by atoms with Crippen LogP contribution in [0.3, 0.4) is 0 Å². The van der Waals surface area contributed by atoms with Gasteiger partial charge in [0.05, 0.1) is 23.4 Å². The maximum atomic E-state index is 13.3. The summed E-state index contributed by atoms with van der Waals surface area (Å²) in [5, 5.41) is 0.420. The molecular formula is C21H20ClN3O5S2. The Morgan fingerprint density at radius 3 is 2.16 bits per heavy atom. The molecule has 1 aromatic heterocycles. The summed E-state index contributed by atoms with van der Waals surface area (Å²) >= 11 is 5.89. The molecule has 0 aliphatic heterocycles. The number of nitrogens with one attached hydrogen (secondary N) is 1. The number of amides is 1. The number of aromatic nitrogens is 1. The second-order valence-corrected chi connectivity index (χ2v) is 11.1. The van der Waals surface area contributed by atoms with Gasteiger partial charge in [0.25, 0.3) is 5.91 Å². The van der Waals surface area contributed by atoms with Crippen LogP contribution in [-0.4, -0.2) is 38.3 Å². The molecule has 3 aromatic rings. The van der Waals surface area contributed by atoms with Gasteiger partial charge in [-0.15, -0.1) is 0 Å². The van der Waals surface area contributed by atoms with E-state index in [1.165, 1.54) is 40.7 Å². The number of carbonyl (C=O) groups excluding carboxylic acids is 1. The predicted molar refractivity (Wildman–Crippen MR) is 121 cm³/mol. The minimum atomic E-state index is -3.89. The van der Waals surface area contributed by atoms with E-state index < -0.39 is 26.0 Å². The summed E-state index contributed by atoms with van der Waals surface area (Å²) in [5.41, 5.74) is 1.31. The molecule has 0 radical (unpaired) electrons. The summed E-state index contributed by atoms with van der Waals surface area (Å²) in [4.78, 5) is 16.3. The molecule has 1 N–H and O–H groups in total. The normalized spacial score (nSPS) is 12.0. The van der Waals surface area contributed by atoms with Crippen LogP contribution in [0.5, 0.6) is 0 Å². The van der Waals surface area contributed by atoms with E-state index in [1.54, 1.807) is 36.5 Å². The standard InChI is InChI=1S/C21H20ClN3O5S2/c1-31(27,28)24-21(26)17-7-5-16(6-8-17)14-25(15-19-4-2-3-13-23-19)32(29,30)20-11-9-18(22)10-12-20/h2-13H,14-15H2,1H3,(H,24,26). The van der Waals surface area contributed by atoms with Crippen LogP contribution in [-0.2, 0) is 33.1 Å². The molecule has 0 atom stereocenters. The quantitative estimate of drug-likeness (QED) is 0.516. The molecule has 0 saturated carbocycles. The monoisotopic (exact) mass is 493 g/mol. The fourth-order valence-corrected chi connectivity index (χ4v) is 4.83. The molecular weight excluding hydrogens is 474 g/mol. The average Bonchev–Trinajstić information content (AvgIpc) is 2.73. The molecule has 0 bridgehead atoms. The van der Waals surface area contributed by atoms with Gasteiger partial charge in [-0.05, 0) is 54.1 Å². The summed E-state index contributed by atoms with van der Waals surface area (Å²) in [7, 11) is -7.58. The summed E-state index contributed by atoms with van der Waals surface area (Å²) in [6.45, 7) is 0.0393. The average molecular weight is 494 g/mol. The van der Waals surface area contributed by atoms with E-state index >= 15 is 0 Å². The zero-order valence-electron chi connectivity index (χ0n) is 17.0. The molecule has 0 aliphatic carbocycles. The van der Waals surface area contributed by atoms with E-state index in [4.69, 9.17) is 11.6 Å². The molecule has 3 rings (SSSR count). The molecule has 0 saturated heterocycles. The van der Waals surface area contributed by atoms with Crippen molar-refractivity contribution in [2.45, 2.75) is 18.0 Å². The molecule has 11 heteroatoms. The fraction of sp³-hybridized carbons (Fsp3) is 0.143. The number of sulfonamides is 2. The third-order valence-electron chi connectivity index (χ3n) is 4.37. The highest BCUT2D eigenvalue weighted by molar-refractivity contribution is 7.89. The van der Waals surface area contributed by atoms with Crippen molar-refractivity contribution in [3.63, 3.8) is 0 Å². The van der Waals surface area contributed by atoms with Crippen molar-refractivity contribution in [1.29, 1.82) is 0 Å². The third kappa shape index (κ3) is 6.36. The van der Waals surface area contributed by atoms with E-state index in [2.05, 4.69) is 4.98 Å². The molecule has 1 heterocycles. The Labute approximate surface area is 192 Å². The highest BCUT2D eigenvalue weighted by Crippen LogP contribution is 2.22. The number of benzene rings is 2. The zero-order valence-corrected chi connectivity index (χ0v) is 19.4. The van der Waals surface area contributed by atoms with Gasteiger partial charge < -0.3 is 0 Å². The summed E-state index contributed by atoms with van der Waals surface area (Å²) < 4.78 is 52.3. The van der Waals surface area contributed by atoms with E-state index in [0.717, 1.165) is 6.26 Å². The van der Waals surface area contributed by atoms with Gasteiger partial charge in [0.15, 0.2) is 0 Å². The fourth-order valence-electron chi connectivity index (χ4n) is 2.85. The minimum absolute atomic E-state index is 0.00943. The lowest BCUT2D eigenvalue weighted by atomic mass is 10.1. The highest BCUT2D eigenvalue weighted by atomic mass is 35.5. The Kier molecular flexibility index (Phi) is 7.29. The molecule has 8 nitrogen and oxygen atoms in total. The SMILES string of the molecule is CS(=O)(=O)NC(=O)c1ccc(CN(Cc2ccccn2)S(=O)(=O)c2ccc(Cl)cc2)cc1. The van der Waals surface area contributed by atoms with E-state index in [9.17, 15) is 21.6 Å². The third-order valence-corrected chi connectivity index (χ3v) is 6.98. The van der Waals surface area contributed by atoms with Gasteiger partial charge in [-0.3, -0.25) is 9.78 Å². The van der Waals surface area contributed by atoms with Crippen molar-refractivity contribution in [2.75, 3.05) is 6.26 Å². The maximum Gasteiger partial charge on any atom is 0.264 e. The largest absolute Gasteiger partial charge is 0.268 e. The Balaban J connectivity index is 1.89. The van der Waals surface area contributed by atoms with Gasteiger partial charge in [-0.25, -0.2) is 21.6 Å². The second-order valence-electron chi connectivity index (χ2n) is 6.95. The molecule has 0 spiro atoms. The number of hydrogen-bond acceptors (Lipinski definition) is 6. The lowest BCUT2D eigenvalue weighted by molar-refractivity contribution is 0.0981. The highest BCUT2D eigenvalue weighted by Gasteiger charge is 2.25. The van der Waals surface area contributed by atoms with Gasteiger partial charge in [0.1, 0.15) is 0 Å². The van der Waals surface area contributed by atoms with E-state index in [-0.39, 0.29) is 23.5 Å². The van der Waals surface area contributed by atoms with Gasteiger partial charge in [-0.2, -0.15) is 4.31 Å². The lowest BCUT2D eigenvalue weighted by Crippen LogP contribution is -2.31. The Bertz CT molecular complexity index is 1300. The molecule has 168 valence electrons. The summed E-state index contributed by atoms with van der Waals surface area (Å²) in [6, 6.07) is 17.1. The summed E-state index contributed by atoms with van der Waals surface area (Å²) in [6.07, 6.45) is 2.47. The van der Waals surface area contributed by atoms with Crippen molar-refractivity contribution in [3.8, 4) is 0 Å². The number of pyridine rings is 1. The molecule has 0 fully saturated rings. The van der Waals surface area contributed by atoms with Crippen molar-refractivity contribution < 1.29 is 21.6 Å². The maximum absolute atomic E-state index is 13.3. The van der Waals surface area contributed by atoms with Crippen molar-refractivity contribution in [3.05, 3.63) is 94.8 Å². The van der Waals surface area contributed by atoms with Crippen LogP contribution in [0, 0.1) is 0 Å². The number of rotatable bonds is 8. The first-order chi connectivity index (χ1) is 15.0. The van der Waals surface area contributed by atoms with Gasteiger partial charge in [0.2, 0.25) is 20.0 Å². The van der Waals surface area contributed by atoms with E-state index in [0.29, 0.717) is 16.3 Å². The van der Waals surface area contributed by atoms with Crippen molar-refractivity contribution in [1.82, 2.24) is 14.0 Å². The van der Waals surface area contributed by atoms with Crippen molar-refractivity contribution in [2.24, 2.45) is 0 Å². The minimum Gasteiger partial charge on any atom is -0.268 e. The molecule has 2 aromatic carbocycles. The smallest absolute Gasteiger partial charge is 0.264 e. The number of carbonyl (C=O) groups is 1. The predicted octanol–water partition coefficient (Wildman–Crippen LogP) is 2.82. The summed E-state index contributed by atoms with van der Waals surface area (Å²) in [5.74, 6) is -0.766. The Morgan fingerprint density at radius 2 is 1.59 bits per heavy atom. The van der Waals surface area contributed by atoms with Crippen molar-refractivity contribution >= 4 is 37.6 Å². The van der Waals surface area contributed by atoms with E-state index in [1.807, 2.05) is 4.72 Å². The second kappa shape index (κ2) is 9.78. The van der Waals surface area contributed by atoms with Gasteiger partial charge in [0, 0.05) is 23.3 Å². The first kappa shape index (κ1) is 23.9. The Hall–Kier alpha value is -2.79. The molecule has 0 unspecified atom stereocenters. The van der Waals surface area contributed by atoms with Crippen LogP contribution in [0.1, 0.15) is 21.6 Å². The first-order valence-corrected chi connectivity index (χ1v) is 13.0. The number of nitrogens with zero attached hydrogens (tertiary/aromatic N) is 2. The van der Waals surface area contributed by atoms with Crippen LogP contribution in [0.25, 0.3) is 0 Å². The van der Waals surface area contributed by atoms with Gasteiger partial charge in [-0.1, -0.05) is 29.8 Å². The lowest BCUT2D eigenvalue weighted by Gasteiger charge is -2.22. The van der Waals surface area contributed by atoms with Crippen LogP contribution < -0.4 is 4.72 Å². The topological polar surface area (TPSA) is 114 Å². The molecule has 0 aliphatic rings. The van der Waals surface area contributed by atoms with Crippen LogP contribution in [0.15, 0.2) is 77.8 Å².